The average molecular weight is 480 g/mol. The zero-order valence-electron chi connectivity index (χ0n) is 20.3. The topological polar surface area (TPSA) is 55.5 Å². The number of hydrogen-bond acceptors (Lipinski definition) is 4. The molecule has 5 nitrogen and oxygen atoms in total. The van der Waals surface area contributed by atoms with Crippen LogP contribution in [0.5, 0.6) is 0 Å². The first-order chi connectivity index (χ1) is 17.6. The smallest absolute Gasteiger partial charge is 0.236 e. The Labute approximate surface area is 211 Å². The van der Waals surface area contributed by atoms with Crippen molar-refractivity contribution in [1.29, 1.82) is 0 Å². The third-order valence-corrected chi connectivity index (χ3v) is 8.63. The maximum Gasteiger partial charge on any atom is 0.236 e. The Hall–Kier alpha value is -3.25. The second-order valence-electron chi connectivity index (χ2n) is 10.7. The highest BCUT2D eigenvalue weighted by molar-refractivity contribution is 5.81. The van der Waals surface area contributed by atoms with E-state index in [0.29, 0.717) is 18.4 Å². The number of oxazole rings is 1. The van der Waals surface area contributed by atoms with Crippen molar-refractivity contribution < 1.29 is 18.7 Å². The molecule has 1 aromatic heterocycles. The number of piperidine rings is 3. The minimum absolute atomic E-state index is 0.271. The highest BCUT2D eigenvalue weighted by Crippen LogP contribution is 2.50. The van der Waals surface area contributed by atoms with Gasteiger partial charge in [-0.05, 0) is 16.7 Å². The van der Waals surface area contributed by atoms with Gasteiger partial charge in [0.25, 0.3) is 0 Å². The van der Waals surface area contributed by atoms with Crippen LogP contribution in [0.1, 0.15) is 41.2 Å². The Morgan fingerprint density at radius 3 is 2.22 bits per heavy atom. The van der Waals surface area contributed by atoms with Gasteiger partial charge in [-0.25, -0.2) is 4.98 Å². The highest BCUT2D eigenvalue weighted by Gasteiger charge is 2.49. The number of ether oxygens (including phenoxy) is 1. The van der Waals surface area contributed by atoms with Crippen LogP contribution in [-0.4, -0.2) is 40.3 Å². The van der Waals surface area contributed by atoms with E-state index in [1.165, 1.54) is 18.4 Å². The summed E-state index contributed by atoms with van der Waals surface area (Å²) < 4.78 is 13.8. The van der Waals surface area contributed by atoms with Crippen molar-refractivity contribution in [2.24, 2.45) is 5.92 Å². The Morgan fingerprint density at radius 2 is 1.53 bits per heavy atom. The largest absolute Gasteiger partial charge is 0.436 e. The van der Waals surface area contributed by atoms with Gasteiger partial charge in [-0.1, -0.05) is 78.9 Å². The first kappa shape index (κ1) is 22.0. The molecular weight excluding hydrogens is 448 g/mol. The molecule has 4 aliphatic rings. The Bertz CT molecular complexity index is 1340. The molecule has 1 N–H and O–H groups in total. The van der Waals surface area contributed by atoms with E-state index in [2.05, 4.69) is 41.4 Å². The summed E-state index contributed by atoms with van der Waals surface area (Å²) in [5.41, 5.74) is 3.59. The van der Waals surface area contributed by atoms with Gasteiger partial charge in [0.2, 0.25) is 5.89 Å². The molecule has 0 amide bonds. The molecule has 2 bridgehead atoms. The van der Waals surface area contributed by atoms with E-state index < -0.39 is 5.60 Å². The molecule has 8 rings (SSSR count). The number of quaternary nitrogens is 1. The molecule has 3 aliphatic heterocycles. The van der Waals surface area contributed by atoms with Crippen LogP contribution in [0.4, 0.5) is 0 Å². The van der Waals surface area contributed by atoms with E-state index in [-0.39, 0.29) is 6.10 Å². The molecule has 4 aromatic rings. The van der Waals surface area contributed by atoms with Gasteiger partial charge < -0.3 is 18.7 Å². The first-order valence-corrected chi connectivity index (χ1v) is 13.0. The van der Waals surface area contributed by atoms with Crippen LogP contribution >= 0.6 is 0 Å². The maximum absolute atomic E-state index is 12.1. The summed E-state index contributed by atoms with van der Waals surface area (Å²) in [6.45, 7) is 4.73. The Morgan fingerprint density at radius 1 is 0.889 bits per heavy atom. The molecule has 0 saturated carbocycles. The fourth-order valence-electron chi connectivity index (χ4n) is 6.73. The van der Waals surface area contributed by atoms with Crippen LogP contribution < -0.4 is 0 Å². The van der Waals surface area contributed by atoms with E-state index in [9.17, 15) is 5.11 Å². The number of benzene rings is 3. The van der Waals surface area contributed by atoms with Crippen LogP contribution in [-0.2, 0) is 23.5 Å². The van der Waals surface area contributed by atoms with E-state index >= 15 is 0 Å². The molecule has 36 heavy (non-hydrogen) atoms. The molecule has 1 aliphatic carbocycles. The van der Waals surface area contributed by atoms with Gasteiger partial charge in [-0.15, -0.1) is 0 Å². The zero-order valence-corrected chi connectivity index (χ0v) is 20.3. The third kappa shape index (κ3) is 3.46. The van der Waals surface area contributed by atoms with Crippen molar-refractivity contribution in [3.05, 3.63) is 113 Å². The van der Waals surface area contributed by atoms with Gasteiger partial charge in [0.15, 0.2) is 11.4 Å². The van der Waals surface area contributed by atoms with Crippen molar-refractivity contribution >= 4 is 0 Å². The molecule has 0 unspecified atom stereocenters. The van der Waals surface area contributed by atoms with Crippen molar-refractivity contribution in [1.82, 2.24) is 4.98 Å². The summed E-state index contributed by atoms with van der Waals surface area (Å²) in [5, 5.41) is 12.1. The second-order valence-corrected chi connectivity index (χ2v) is 10.7. The van der Waals surface area contributed by atoms with Crippen molar-refractivity contribution in [3.63, 3.8) is 0 Å². The van der Waals surface area contributed by atoms with Crippen LogP contribution in [0.15, 0.2) is 89.5 Å². The molecule has 3 fully saturated rings. The number of fused-ring (bicyclic) bond motifs is 6. The normalized spacial score (nSPS) is 25.5. The second kappa shape index (κ2) is 8.41. The molecule has 0 radical (unpaired) electrons. The number of aliphatic hydroxyl groups is 1. The summed E-state index contributed by atoms with van der Waals surface area (Å²) in [6.07, 6.45) is 4.47. The molecule has 3 aromatic carbocycles. The molecule has 1 atom stereocenters. The van der Waals surface area contributed by atoms with E-state index in [0.717, 1.165) is 58.7 Å². The lowest BCUT2D eigenvalue weighted by Gasteiger charge is -2.52. The maximum atomic E-state index is 12.1. The van der Waals surface area contributed by atoms with Gasteiger partial charge in [0.05, 0.1) is 25.9 Å². The standard InChI is InChI=1S/C31H31N2O3/c34-31(27-12-6-4-10-25(27)26-11-5-7-13-28(26)31)30-32-18-24(36-30)19-33-16-14-23(15-17-33)29(20-33)35-21-22-8-2-1-3-9-22/h1-13,18,23,29,34H,14-17,19-21H2/q+1/t23?,29-,33?/m0/s1. The number of nitrogens with zero attached hydrogens (tertiary/aromatic N) is 2. The Kier molecular flexibility index (Phi) is 5.14. The molecule has 0 spiro atoms. The average Bonchev–Trinajstić information content (AvgIpc) is 3.50. The van der Waals surface area contributed by atoms with Gasteiger partial charge in [-0.3, -0.25) is 0 Å². The predicted octanol–water partition coefficient (Wildman–Crippen LogP) is 5.27. The summed E-state index contributed by atoms with van der Waals surface area (Å²) in [5.74, 6) is 1.84. The molecular formula is C31H31N2O3+. The summed E-state index contributed by atoms with van der Waals surface area (Å²) >= 11 is 0. The lowest BCUT2D eigenvalue weighted by molar-refractivity contribution is -0.959. The minimum atomic E-state index is -1.37. The van der Waals surface area contributed by atoms with Gasteiger partial charge in [0, 0.05) is 29.9 Å². The predicted molar refractivity (Wildman–Crippen MR) is 137 cm³/mol. The summed E-state index contributed by atoms with van der Waals surface area (Å²) in [4.78, 5) is 4.65. The first-order valence-electron chi connectivity index (χ1n) is 13.0. The minimum Gasteiger partial charge on any atom is -0.436 e. The van der Waals surface area contributed by atoms with Crippen molar-refractivity contribution in [3.8, 4) is 11.1 Å². The van der Waals surface area contributed by atoms with Crippen LogP contribution in [0.25, 0.3) is 11.1 Å². The zero-order chi connectivity index (χ0) is 24.2. The molecule has 5 heteroatoms. The van der Waals surface area contributed by atoms with Gasteiger partial charge in [0.1, 0.15) is 19.2 Å². The van der Waals surface area contributed by atoms with Crippen LogP contribution in [0.2, 0.25) is 0 Å². The monoisotopic (exact) mass is 479 g/mol. The fraction of sp³-hybridized carbons (Fsp3) is 0.323. The lowest BCUT2D eigenvalue weighted by atomic mass is 9.83. The summed E-state index contributed by atoms with van der Waals surface area (Å²) in [7, 11) is 0. The molecule has 3 saturated heterocycles. The molecule has 182 valence electrons. The van der Waals surface area contributed by atoms with Crippen molar-refractivity contribution in [2.75, 3.05) is 19.6 Å². The number of rotatable bonds is 6. The quantitative estimate of drug-likeness (QED) is 0.383. The van der Waals surface area contributed by atoms with Gasteiger partial charge >= 0.3 is 0 Å². The Balaban J connectivity index is 1.14. The van der Waals surface area contributed by atoms with Crippen LogP contribution in [0.3, 0.4) is 0 Å². The van der Waals surface area contributed by atoms with Crippen molar-refractivity contribution in [2.45, 2.75) is 37.7 Å². The van der Waals surface area contributed by atoms with E-state index in [1.807, 2.05) is 48.7 Å². The fourth-order valence-corrected chi connectivity index (χ4v) is 6.73. The van der Waals surface area contributed by atoms with E-state index in [1.54, 1.807) is 0 Å². The number of aromatic nitrogens is 1. The molecule has 4 heterocycles. The third-order valence-electron chi connectivity index (χ3n) is 8.63. The van der Waals surface area contributed by atoms with E-state index in [4.69, 9.17) is 9.15 Å². The highest BCUT2D eigenvalue weighted by atomic mass is 16.5. The van der Waals surface area contributed by atoms with Crippen LogP contribution in [0, 0.1) is 5.92 Å². The summed E-state index contributed by atoms with van der Waals surface area (Å²) in [6, 6.07) is 26.5. The van der Waals surface area contributed by atoms with Gasteiger partial charge in [-0.2, -0.15) is 0 Å². The lowest BCUT2D eigenvalue weighted by Crippen LogP contribution is -2.63. The SMILES string of the molecule is OC1(c2ncc(C[N+]34CCC(CC3)[C@@H](OCc3ccccc3)C4)o2)c2ccccc2-c2ccccc21. The number of hydrogen-bond donors (Lipinski definition) is 1.